The third kappa shape index (κ3) is 5.09. The van der Waals surface area contributed by atoms with Crippen molar-refractivity contribution in [1.82, 2.24) is 29.6 Å². The lowest BCUT2D eigenvalue weighted by Gasteiger charge is -2.29. The molecular formula is C27H29N7O2. The van der Waals surface area contributed by atoms with Gasteiger partial charge in [-0.2, -0.15) is 10.4 Å². The van der Waals surface area contributed by atoms with Gasteiger partial charge in [-0.05, 0) is 51.3 Å². The molecule has 184 valence electrons. The minimum absolute atomic E-state index is 0.00323. The van der Waals surface area contributed by atoms with Crippen molar-refractivity contribution in [3.8, 4) is 17.6 Å². The molecule has 3 aromatic heterocycles. The molecule has 0 unspecified atom stereocenters. The van der Waals surface area contributed by atoms with Crippen LogP contribution in [0.3, 0.4) is 0 Å². The Labute approximate surface area is 210 Å². The van der Waals surface area contributed by atoms with Gasteiger partial charge in [0.1, 0.15) is 24.0 Å². The van der Waals surface area contributed by atoms with Gasteiger partial charge in [0.25, 0.3) is 0 Å². The highest BCUT2D eigenvalue weighted by Crippen LogP contribution is 2.33. The van der Waals surface area contributed by atoms with E-state index in [-0.39, 0.29) is 12.3 Å². The minimum atomic E-state index is 0.00323. The maximum absolute atomic E-state index is 13.5. The van der Waals surface area contributed by atoms with Gasteiger partial charge in [-0.15, -0.1) is 0 Å². The molecule has 0 aromatic carbocycles. The van der Waals surface area contributed by atoms with E-state index in [1.54, 1.807) is 30.5 Å². The molecule has 4 heterocycles. The number of pyridine rings is 2. The maximum atomic E-state index is 13.5. The highest BCUT2D eigenvalue weighted by molar-refractivity contribution is 6.22. The molecule has 1 fully saturated rings. The number of nitriles is 1. The van der Waals surface area contributed by atoms with E-state index in [0.717, 1.165) is 24.0 Å². The summed E-state index contributed by atoms with van der Waals surface area (Å²) in [6, 6.07) is 7.91. The summed E-state index contributed by atoms with van der Waals surface area (Å²) in [6.07, 6.45) is 8.20. The Balaban J connectivity index is 1.53. The summed E-state index contributed by atoms with van der Waals surface area (Å²) in [6.45, 7) is 7.26. The number of aryl methyl sites for hydroxylation is 1. The first-order valence-corrected chi connectivity index (χ1v) is 11.8. The zero-order valence-corrected chi connectivity index (χ0v) is 21.0. The molecule has 36 heavy (non-hydrogen) atoms. The molecule has 0 atom stereocenters. The van der Waals surface area contributed by atoms with Gasteiger partial charge in [-0.3, -0.25) is 14.7 Å². The fraction of sp³-hybridized carbons (Fsp3) is 0.333. The number of methoxy groups -OCH3 is 1. The number of hydrogen-bond donors (Lipinski definition) is 0. The first-order valence-electron chi connectivity index (χ1n) is 11.8. The van der Waals surface area contributed by atoms with Crippen molar-refractivity contribution in [2.45, 2.75) is 33.6 Å². The van der Waals surface area contributed by atoms with Crippen molar-refractivity contribution in [2.75, 3.05) is 26.7 Å². The van der Waals surface area contributed by atoms with Gasteiger partial charge in [0.2, 0.25) is 0 Å². The summed E-state index contributed by atoms with van der Waals surface area (Å²) in [5, 5.41) is 14.1. The van der Waals surface area contributed by atoms with E-state index >= 15 is 0 Å². The number of ketones is 1. The van der Waals surface area contributed by atoms with Gasteiger partial charge in [0, 0.05) is 36.0 Å². The van der Waals surface area contributed by atoms with Crippen molar-refractivity contribution >= 4 is 16.9 Å². The number of piperidine rings is 1. The Kier molecular flexibility index (Phi) is 7.66. The Bertz CT molecular complexity index is 1360. The van der Waals surface area contributed by atoms with Crippen LogP contribution in [0.4, 0.5) is 0 Å². The second-order valence-corrected chi connectivity index (χ2v) is 8.59. The first kappa shape index (κ1) is 24.9. The highest BCUT2D eigenvalue weighted by atomic mass is 16.5. The van der Waals surface area contributed by atoms with E-state index in [0.29, 0.717) is 52.9 Å². The van der Waals surface area contributed by atoms with Crippen LogP contribution in [0.2, 0.25) is 0 Å². The zero-order chi connectivity index (χ0) is 25.7. The number of rotatable bonds is 7. The van der Waals surface area contributed by atoms with Crippen LogP contribution in [-0.2, 0) is 4.79 Å². The monoisotopic (exact) mass is 483 g/mol. The number of carbonyl (C=O) groups excluding carboxylic acids is 1. The summed E-state index contributed by atoms with van der Waals surface area (Å²) in [5.74, 6) is 1.78. The fourth-order valence-electron chi connectivity index (χ4n) is 4.54. The zero-order valence-electron chi connectivity index (χ0n) is 21.0. The van der Waals surface area contributed by atoms with Crippen LogP contribution in [0, 0.1) is 25.2 Å². The Morgan fingerprint density at radius 1 is 1.19 bits per heavy atom. The van der Waals surface area contributed by atoms with Gasteiger partial charge >= 0.3 is 0 Å². The summed E-state index contributed by atoms with van der Waals surface area (Å²) in [7, 11) is 1.57. The van der Waals surface area contributed by atoms with Crippen LogP contribution >= 0.6 is 0 Å². The number of carbonyl (C=O) groups is 1. The van der Waals surface area contributed by atoms with Crippen LogP contribution < -0.4 is 4.74 Å². The summed E-state index contributed by atoms with van der Waals surface area (Å²) < 4.78 is 7.19. The van der Waals surface area contributed by atoms with Gasteiger partial charge < -0.3 is 4.74 Å². The molecule has 4 rings (SSSR count). The van der Waals surface area contributed by atoms with E-state index in [2.05, 4.69) is 31.0 Å². The number of likely N-dealkylation sites (tertiary alicyclic amines) is 1. The number of hydrogen-bond acceptors (Lipinski definition) is 8. The molecule has 0 aliphatic carbocycles. The predicted molar refractivity (Wildman–Crippen MR) is 136 cm³/mol. The van der Waals surface area contributed by atoms with Gasteiger partial charge in [-0.1, -0.05) is 12.1 Å². The van der Waals surface area contributed by atoms with E-state index < -0.39 is 0 Å². The predicted octanol–water partition coefficient (Wildman–Crippen LogP) is 3.73. The van der Waals surface area contributed by atoms with Gasteiger partial charge in [0.15, 0.2) is 11.6 Å². The Hall–Kier alpha value is -4.16. The fourth-order valence-corrected chi connectivity index (χ4v) is 4.54. The molecule has 0 saturated carbocycles. The third-order valence-corrected chi connectivity index (χ3v) is 6.38. The Morgan fingerprint density at radius 3 is 2.56 bits per heavy atom. The number of allylic oxidation sites excluding steroid dienone is 2. The lowest BCUT2D eigenvalue weighted by Crippen LogP contribution is -2.35. The van der Waals surface area contributed by atoms with Crippen LogP contribution in [0.5, 0.6) is 5.75 Å². The van der Waals surface area contributed by atoms with Crippen molar-refractivity contribution in [1.29, 1.82) is 5.26 Å². The molecule has 0 bridgehead atoms. The second-order valence-electron chi connectivity index (χ2n) is 8.59. The lowest BCUT2D eigenvalue weighted by molar-refractivity contribution is -0.115. The molecule has 0 spiro atoms. The number of aromatic nitrogens is 5. The largest absolute Gasteiger partial charge is 0.494 e. The van der Waals surface area contributed by atoms with Crippen molar-refractivity contribution in [2.24, 2.45) is 0 Å². The smallest absolute Gasteiger partial charge is 0.177 e. The molecule has 1 aliphatic heterocycles. The van der Waals surface area contributed by atoms with E-state index in [1.165, 1.54) is 0 Å². The van der Waals surface area contributed by atoms with Gasteiger partial charge in [-0.25, -0.2) is 14.6 Å². The van der Waals surface area contributed by atoms with E-state index in [4.69, 9.17) is 4.74 Å². The minimum Gasteiger partial charge on any atom is -0.494 e. The normalized spacial score (nSPS) is 14.4. The second kappa shape index (κ2) is 11.1. The summed E-state index contributed by atoms with van der Waals surface area (Å²) in [5.41, 5.74) is 4.52. The average Bonchev–Trinajstić information content (AvgIpc) is 3.33. The highest BCUT2D eigenvalue weighted by Gasteiger charge is 2.25. The van der Waals surface area contributed by atoms with Crippen LogP contribution in [0.1, 0.15) is 42.4 Å². The Morgan fingerprint density at radius 2 is 1.97 bits per heavy atom. The quantitative estimate of drug-likeness (QED) is 0.369. The van der Waals surface area contributed by atoms with Gasteiger partial charge in [0.05, 0.1) is 31.1 Å². The van der Waals surface area contributed by atoms with E-state index in [9.17, 15) is 10.1 Å². The number of nitrogens with zero attached hydrogens (tertiary/aromatic N) is 7. The van der Waals surface area contributed by atoms with Crippen LogP contribution in [0.15, 0.2) is 48.6 Å². The lowest BCUT2D eigenvalue weighted by atomic mass is 9.94. The van der Waals surface area contributed by atoms with Crippen LogP contribution in [0.25, 0.3) is 17.0 Å². The molecule has 9 nitrogen and oxygen atoms in total. The standard InChI is InChI=1S/C27H29N7O2/c1-5-21(26-18(2)27(30-15-25(26)36-4)34-17-31-19(3)32-34)24(35)16-33-12-9-20(10-13-33)22(14-28)23-8-6-7-11-29-23/h5-8,11,15,17H,9-10,12-13,16H2,1-4H3/b21-5-. The molecule has 0 radical (unpaired) electrons. The maximum Gasteiger partial charge on any atom is 0.177 e. The molecule has 0 amide bonds. The van der Waals surface area contributed by atoms with E-state index in [1.807, 2.05) is 45.0 Å². The SMILES string of the molecule is C/C=C(/C(=O)CN1CCC(=C(C#N)c2ccccn2)CC1)c1c(OC)cnc(-n2cnc(C)n2)c1C. The topological polar surface area (TPSA) is 110 Å². The molecule has 0 N–H and O–H groups in total. The summed E-state index contributed by atoms with van der Waals surface area (Å²) >= 11 is 0. The molecule has 3 aromatic rings. The first-order chi connectivity index (χ1) is 17.5. The van der Waals surface area contributed by atoms with Crippen LogP contribution in [-0.4, -0.2) is 62.2 Å². The summed E-state index contributed by atoms with van der Waals surface area (Å²) in [4.78, 5) is 28.7. The molecular weight excluding hydrogens is 454 g/mol. The molecule has 9 heteroatoms. The number of ether oxygens (including phenoxy) is 1. The molecule has 1 saturated heterocycles. The van der Waals surface area contributed by atoms with Crippen molar-refractivity contribution in [3.05, 3.63) is 71.2 Å². The number of Topliss-reactive ketones (excluding diaryl/α,β-unsaturated/α-hetero) is 1. The third-order valence-electron chi connectivity index (χ3n) is 6.38. The molecule has 1 aliphatic rings. The van der Waals surface area contributed by atoms with Crippen molar-refractivity contribution < 1.29 is 9.53 Å². The average molecular weight is 484 g/mol. The van der Waals surface area contributed by atoms with Crippen molar-refractivity contribution in [3.63, 3.8) is 0 Å².